The number of rotatable bonds is 3. The number of likely N-dealkylation sites (tertiary alicyclic amines) is 1. The van der Waals surface area contributed by atoms with Crippen molar-refractivity contribution in [3.05, 3.63) is 35.1 Å². The van der Waals surface area contributed by atoms with Gasteiger partial charge in [-0.05, 0) is 51.1 Å². The van der Waals surface area contributed by atoms with E-state index in [0.717, 1.165) is 19.4 Å². The predicted molar refractivity (Wildman–Crippen MR) is 65.6 cm³/mol. The second kappa shape index (κ2) is 5.41. The van der Waals surface area contributed by atoms with E-state index in [-0.39, 0.29) is 11.9 Å². The molecular formula is C14H18FNO. The summed E-state index contributed by atoms with van der Waals surface area (Å²) in [6.07, 6.45) is 4.39. The van der Waals surface area contributed by atoms with E-state index in [1.165, 1.54) is 31.4 Å². The fraction of sp³-hybridized carbons (Fsp3) is 0.500. The lowest BCUT2D eigenvalue weighted by Crippen LogP contribution is -2.32. The first-order valence-corrected chi connectivity index (χ1v) is 6.21. The van der Waals surface area contributed by atoms with Gasteiger partial charge in [-0.3, -0.25) is 9.69 Å². The van der Waals surface area contributed by atoms with Crippen molar-refractivity contribution < 1.29 is 9.18 Å². The van der Waals surface area contributed by atoms with Crippen LogP contribution in [-0.4, -0.2) is 24.3 Å². The Labute approximate surface area is 101 Å². The number of nitrogens with zero attached hydrogens (tertiary/aromatic N) is 1. The molecule has 2 rings (SSSR count). The number of aldehydes is 1. The van der Waals surface area contributed by atoms with Crippen LogP contribution in [0, 0.1) is 5.82 Å². The van der Waals surface area contributed by atoms with Crippen LogP contribution in [0.4, 0.5) is 4.39 Å². The fourth-order valence-electron chi connectivity index (χ4n) is 2.46. The molecule has 17 heavy (non-hydrogen) atoms. The van der Waals surface area contributed by atoms with Gasteiger partial charge in [0.2, 0.25) is 0 Å². The number of hydrogen-bond acceptors (Lipinski definition) is 2. The normalized spacial score (nSPS) is 18.9. The minimum atomic E-state index is -0.214. The summed E-state index contributed by atoms with van der Waals surface area (Å²) in [6.45, 7) is 4.05. The summed E-state index contributed by atoms with van der Waals surface area (Å²) >= 11 is 0. The topological polar surface area (TPSA) is 20.3 Å². The molecule has 0 aromatic heterocycles. The lowest BCUT2D eigenvalue weighted by atomic mass is 10.0. The van der Waals surface area contributed by atoms with Crippen LogP contribution < -0.4 is 0 Å². The summed E-state index contributed by atoms with van der Waals surface area (Å²) in [5.74, 6) is -0.214. The highest BCUT2D eigenvalue weighted by atomic mass is 19.1. The number of piperidine rings is 1. The summed E-state index contributed by atoms with van der Waals surface area (Å²) in [6, 6.07) is 4.63. The Hall–Kier alpha value is -1.22. The first-order valence-electron chi connectivity index (χ1n) is 6.21. The minimum absolute atomic E-state index is 0.0511. The zero-order chi connectivity index (χ0) is 12.3. The van der Waals surface area contributed by atoms with Crippen molar-refractivity contribution in [3.63, 3.8) is 0 Å². The summed E-state index contributed by atoms with van der Waals surface area (Å²) in [7, 11) is 0. The summed E-state index contributed by atoms with van der Waals surface area (Å²) < 4.78 is 13.8. The number of hydrogen-bond donors (Lipinski definition) is 0. The van der Waals surface area contributed by atoms with Crippen molar-refractivity contribution >= 4 is 6.29 Å². The maximum absolute atomic E-state index is 13.8. The Kier molecular flexibility index (Phi) is 3.89. The van der Waals surface area contributed by atoms with E-state index < -0.39 is 0 Å². The number of benzene rings is 1. The molecule has 0 amide bonds. The van der Waals surface area contributed by atoms with Crippen LogP contribution in [0.1, 0.15) is 48.1 Å². The third-order valence-electron chi connectivity index (χ3n) is 3.54. The number of carbonyl (C=O) groups is 1. The summed E-state index contributed by atoms with van der Waals surface area (Å²) in [5, 5.41) is 0. The van der Waals surface area contributed by atoms with E-state index in [1.807, 2.05) is 6.92 Å². The maximum Gasteiger partial charge on any atom is 0.150 e. The van der Waals surface area contributed by atoms with Crippen molar-refractivity contribution in [3.8, 4) is 0 Å². The third-order valence-corrected chi connectivity index (χ3v) is 3.54. The summed E-state index contributed by atoms with van der Waals surface area (Å²) in [5.41, 5.74) is 1.18. The standard InChI is InChI=1S/C14H18FNO/c1-11(16-7-3-2-4-8-16)13-9-12(10-17)5-6-14(13)15/h5-6,9-11H,2-4,7-8H2,1H3. The fourth-order valence-corrected chi connectivity index (χ4v) is 2.46. The van der Waals surface area contributed by atoms with Crippen LogP contribution in [0.2, 0.25) is 0 Å². The smallest absolute Gasteiger partial charge is 0.150 e. The second-order valence-corrected chi connectivity index (χ2v) is 4.67. The van der Waals surface area contributed by atoms with E-state index in [9.17, 15) is 9.18 Å². The molecule has 2 nitrogen and oxygen atoms in total. The molecule has 1 atom stereocenters. The molecule has 1 unspecified atom stereocenters. The molecule has 1 aliphatic heterocycles. The van der Waals surface area contributed by atoms with Gasteiger partial charge in [-0.1, -0.05) is 6.42 Å². The molecule has 1 saturated heterocycles. The van der Waals surface area contributed by atoms with E-state index in [2.05, 4.69) is 4.90 Å². The van der Waals surface area contributed by atoms with Crippen LogP contribution in [0.25, 0.3) is 0 Å². The van der Waals surface area contributed by atoms with E-state index >= 15 is 0 Å². The molecule has 1 aliphatic rings. The average Bonchev–Trinajstić information content (AvgIpc) is 2.39. The highest BCUT2D eigenvalue weighted by Gasteiger charge is 2.20. The Morgan fingerprint density at radius 3 is 2.65 bits per heavy atom. The van der Waals surface area contributed by atoms with E-state index in [4.69, 9.17) is 0 Å². The van der Waals surface area contributed by atoms with E-state index in [0.29, 0.717) is 11.1 Å². The van der Waals surface area contributed by atoms with Gasteiger partial charge in [0.15, 0.2) is 0 Å². The zero-order valence-corrected chi connectivity index (χ0v) is 10.2. The number of carbonyl (C=O) groups excluding carboxylic acids is 1. The van der Waals surface area contributed by atoms with Gasteiger partial charge in [0.25, 0.3) is 0 Å². The summed E-state index contributed by atoms with van der Waals surface area (Å²) in [4.78, 5) is 13.0. The van der Waals surface area contributed by atoms with Crippen LogP contribution in [0.5, 0.6) is 0 Å². The highest BCUT2D eigenvalue weighted by Crippen LogP contribution is 2.26. The molecule has 0 saturated carbocycles. The van der Waals surface area contributed by atoms with Crippen molar-refractivity contribution in [2.24, 2.45) is 0 Å². The van der Waals surface area contributed by atoms with Gasteiger partial charge in [-0.15, -0.1) is 0 Å². The molecule has 3 heteroatoms. The van der Waals surface area contributed by atoms with E-state index in [1.54, 1.807) is 6.07 Å². The Balaban J connectivity index is 2.22. The molecule has 0 N–H and O–H groups in total. The molecular weight excluding hydrogens is 217 g/mol. The molecule has 0 spiro atoms. The van der Waals surface area contributed by atoms with Gasteiger partial charge in [0.1, 0.15) is 12.1 Å². The third kappa shape index (κ3) is 2.72. The van der Waals surface area contributed by atoms with Gasteiger partial charge in [-0.25, -0.2) is 4.39 Å². The van der Waals surface area contributed by atoms with Gasteiger partial charge >= 0.3 is 0 Å². The predicted octanol–water partition coefficient (Wildman–Crippen LogP) is 3.19. The number of halogens is 1. The monoisotopic (exact) mass is 235 g/mol. The lowest BCUT2D eigenvalue weighted by molar-refractivity contribution is 0.112. The first-order chi connectivity index (χ1) is 8.22. The van der Waals surface area contributed by atoms with Gasteiger partial charge in [-0.2, -0.15) is 0 Å². The molecule has 1 heterocycles. The molecule has 0 radical (unpaired) electrons. The molecule has 0 aliphatic carbocycles. The van der Waals surface area contributed by atoms with Crippen molar-refractivity contribution in [1.82, 2.24) is 4.90 Å². The second-order valence-electron chi connectivity index (χ2n) is 4.67. The zero-order valence-electron chi connectivity index (χ0n) is 10.2. The SMILES string of the molecule is CC(c1cc(C=O)ccc1F)N1CCCCC1. The minimum Gasteiger partial charge on any atom is -0.298 e. The van der Waals surface area contributed by atoms with Crippen molar-refractivity contribution in [1.29, 1.82) is 0 Å². The van der Waals surface area contributed by atoms with Crippen LogP contribution in [0.15, 0.2) is 18.2 Å². The van der Waals surface area contributed by atoms with Crippen LogP contribution >= 0.6 is 0 Å². The first kappa shape index (κ1) is 12.2. The maximum atomic E-state index is 13.8. The van der Waals surface area contributed by atoms with Crippen LogP contribution in [0.3, 0.4) is 0 Å². The Bertz CT molecular complexity index is 399. The average molecular weight is 235 g/mol. The highest BCUT2D eigenvalue weighted by molar-refractivity contribution is 5.75. The molecule has 1 aromatic carbocycles. The lowest BCUT2D eigenvalue weighted by Gasteiger charge is -2.32. The molecule has 0 bridgehead atoms. The van der Waals surface area contributed by atoms with Gasteiger partial charge < -0.3 is 0 Å². The van der Waals surface area contributed by atoms with Gasteiger partial charge in [0, 0.05) is 17.2 Å². The Morgan fingerprint density at radius 2 is 2.00 bits per heavy atom. The quantitative estimate of drug-likeness (QED) is 0.750. The van der Waals surface area contributed by atoms with Crippen molar-refractivity contribution in [2.45, 2.75) is 32.2 Å². The molecule has 92 valence electrons. The van der Waals surface area contributed by atoms with Gasteiger partial charge in [0.05, 0.1) is 0 Å². The molecule has 1 aromatic rings. The molecule has 1 fully saturated rings. The van der Waals surface area contributed by atoms with Crippen LogP contribution in [-0.2, 0) is 0 Å². The van der Waals surface area contributed by atoms with Crippen molar-refractivity contribution in [2.75, 3.05) is 13.1 Å². The largest absolute Gasteiger partial charge is 0.298 e. The Morgan fingerprint density at radius 1 is 1.29 bits per heavy atom.